The molecular formula is C20H23N. The van der Waals surface area contributed by atoms with Crippen LogP contribution in [0.4, 0.5) is 5.69 Å². The van der Waals surface area contributed by atoms with Gasteiger partial charge in [-0.2, -0.15) is 0 Å². The molecule has 4 rings (SSSR count). The molecule has 1 heteroatoms. The zero-order valence-corrected chi connectivity index (χ0v) is 13.0. The lowest BCUT2D eigenvalue weighted by atomic mass is 9.80. The lowest BCUT2D eigenvalue weighted by Gasteiger charge is -2.40. The molecule has 0 N–H and O–H groups in total. The number of hydrogen-bond donors (Lipinski definition) is 0. The van der Waals surface area contributed by atoms with Gasteiger partial charge in [-0.1, -0.05) is 47.5 Å². The van der Waals surface area contributed by atoms with E-state index in [-0.39, 0.29) is 0 Å². The van der Waals surface area contributed by atoms with Crippen molar-refractivity contribution in [3.63, 3.8) is 0 Å². The molecule has 21 heavy (non-hydrogen) atoms. The summed E-state index contributed by atoms with van der Waals surface area (Å²) in [4.78, 5) is 2.62. The number of rotatable bonds is 1. The summed E-state index contributed by atoms with van der Waals surface area (Å²) in [5, 5.41) is 0. The summed E-state index contributed by atoms with van der Waals surface area (Å²) < 4.78 is 0. The van der Waals surface area contributed by atoms with Gasteiger partial charge >= 0.3 is 0 Å². The van der Waals surface area contributed by atoms with Crippen LogP contribution in [-0.4, -0.2) is 13.1 Å². The van der Waals surface area contributed by atoms with Crippen molar-refractivity contribution >= 4 is 5.69 Å². The number of benzene rings is 2. The molecule has 0 bridgehead atoms. The maximum atomic E-state index is 2.62. The van der Waals surface area contributed by atoms with E-state index in [9.17, 15) is 0 Å². The van der Waals surface area contributed by atoms with Gasteiger partial charge in [0.1, 0.15) is 0 Å². The van der Waals surface area contributed by atoms with Gasteiger partial charge in [-0.15, -0.1) is 0 Å². The molecule has 1 atom stereocenters. The molecule has 0 aromatic heterocycles. The van der Waals surface area contributed by atoms with Crippen LogP contribution < -0.4 is 4.90 Å². The molecule has 2 aromatic rings. The smallest absolute Gasteiger partial charge is 0.0437 e. The number of hydrogen-bond acceptors (Lipinski definition) is 1. The Balaban J connectivity index is 1.85. The fraction of sp³-hybridized carbons (Fsp3) is 0.400. The van der Waals surface area contributed by atoms with Gasteiger partial charge in [-0.05, 0) is 49.8 Å². The first-order valence-electron chi connectivity index (χ1n) is 8.17. The normalized spacial score (nSPS) is 20.3. The van der Waals surface area contributed by atoms with E-state index in [0.717, 1.165) is 0 Å². The van der Waals surface area contributed by atoms with E-state index >= 15 is 0 Å². The van der Waals surface area contributed by atoms with Crippen molar-refractivity contribution in [1.29, 1.82) is 0 Å². The highest BCUT2D eigenvalue weighted by molar-refractivity contribution is 5.66. The second-order valence-electron chi connectivity index (χ2n) is 6.70. The Labute approximate surface area is 127 Å². The van der Waals surface area contributed by atoms with Crippen LogP contribution in [0.3, 0.4) is 0 Å². The molecule has 1 nitrogen and oxygen atoms in total. The van der Waals surface area contributed by atoms with Crippen LogP contribution >= 0.6 is 0 Å². The molecular weight excluding hydrogens is 254 g/mol. The second-order valence-corrected chi connectivity index (χ2v) is 6.70. The van der Waals surface area contributed by atoms with Crippen LogP contribution in [-0.2, 0) is 6.42 Å². The fourth-order valence-corrected chi connectivity index (χ4v) is 4.11. The Morgan fingerprint density at radius 1 is 0.952 bits per heavy atom. The number of nitrogens with zero attached hydrogens (tertiary/aromatic N) is 1. The van der Waals surface area contributed by atoms with Crippen LogP contribution in [0.2, 0.25) is 0 Å². The van der Waals surface area contributed by atoms with Crippen LogP contribution in [0.1, 0.15) is 46.6 Å². The molecule has 1 unspecified atom stereocenters. The van der Waals surface area contributed by atoms with Crippen molar-refractivity contribution in [2.45, 2.75) is 39.0 Å². The van der Waals surface area contributed by atoms with Crippen molar-refractivity contribution < 1.29 is 0 Å². The first-order valence-corrected chi connectivity index (χ1v) is 8.17. The predicted molar refractivity (Wildman–Crippen MR) is 89.4 cm³/mol. The third-order valence-electron chi connectivity index (χ3n) is 5.10. The van der Waals surface area contributed by atoms with Crippen LogP contribution in [0.25, 0.3) is 0 Å². The van der Waals surface area contributed by atoms with Crippen LogP contribution in [0.5, 0.6) is 0 Å². The van der Waals surface area contributed by atoms with Crippen LogP contribution in [0.15, 0.2) is 36.4 Å². The summed E-state index contributed by atoms with van der Waals surface area (Å²) in [5.41, 5.74) is 8.96. The Morgan fingerprint density at radius 3 is 2.57 bits per heavy atom. The van der Waals surface area contributed by atoms with Gasteiger partial charge in [0, 0.05) is 24.7 Å². The van der Waals surface area contributed by atoms with Gasteiger partial charge in [-0.3, -0.25) is 0 Å². The van der Waals surface area contributed by atoms with Gasteiger partial charge in [0.05, 0.1) is 0 Å². The van der Waals surface area contributed by atoms with E-state index in [2.05, 4.69) is 55.1 Å². The SMILES string of the molecule is Cc1ccc(C2CCN3CCCc4cc(C)cc2c43)cc1. The van der Waals surface area contributed by atoms with Crippen molar-refractivity contribution in [1.82, 2.24) is 0 Å². The Hall–Kier alpha value is -1.76. The van der Waals surface area contributed by atoms with Gasteiger partial charge in [0.2, 0.25) is 0 Å². The molecule has 0 spiro atoms. The maximum Gasteiger partial charge on any atom is 0.0437 e. The van der Waals surface area contributed by atoms with Gasteiger partial charge < -0.3 is 4.90 Å². The number of anilines is 1. The van der Waals surface area contributed by atoms with E-state index in [0.29, 0.717) is 5.92 Å². The van der Waals surface area contributed by atoms with Gasteiger partial charge in [0.15, 0.2) is 0 Å². The zero-order valence-electron chi connectivity index (χ0n) is 13.0. The Kier molecular flexibility index (Phi) is 3.02. The van der Waals surface area contributed by atoms with Crippen molar-refractivity contribution in [3.05, 3.63) is 64.2 Å². The minimum absolute atomic E-state index is 0.577. The third kappa shape index (κ3) is 2.16. The van der Waals surface area contributed by atoms with Crippen molar-refractivity contribution in [2.24, 2.45) is 0 Å². The predicted octanol–water partition coefficient (Wildman–Crippen LogP) is 4.59. The van der Waals surface area contributed by atoms with E-state index in [1.807, 2.05) is 0 Å². The molecule has 0 fully saturated rings. The fourth-order valence-electron chi connectivity index (χ4n) is 4.11. The summed E-state index contributed by atoms with van der Waals surface area (Å²) >= 11 is 0. The van der Waals surface area contributed by atoms with Crippen molar-refractivity contribution in [3.8, 4) is 0 Å². The van der Waals surface area contributed by atoms with Crippen LogP contribution in [0, 0.1) is 13.8 Å². The molecule has 0 radical (unpaired) electrons. The first-order chi connectivity index (χ1) is 10.2. The second kappa shape index (κ2) is 4.91. The maximum absolute atomic E-state index is 2.62. The summed E-state index contributed by atoms with van der Waals surface area (Å²) in [6.07, 6.45) is 3.81. The first kappa shape index (κ1) is 12.9. The minimum atomic E-state index is 0.577. The van der Waals surface area contributed by atoms with E-state index in [1.165, 1.54) is 49.0 Å². The monoisotopic (exact) mass is 277 g/mol. The molecule has 0 saturated heterocycles. The number of aryl methyl sites for hydroxylation is 3. The lowest BCUT2D eigenvalue weighted by molar-refractivity contribution is 0.596. The quantitative estimate of drug-likeness (QED) is 0.737. The average molecular weight is 277 g/mol. The van der Waals surface area contributed by atoms with Gasteiger partial charge in [-0.25, -0.2) is 0 Å². The highest BCUT2D eigenvalue weighted by atomic mass is 15.1. The highest BCUT2D eigenvalue weighted by Crippen LogP contribution is 2.44. The Morgan fingerprint density at radius 2 is 1.76 bits per heavy atom. The standard InChI is InChI=1S/C20H23N/c1-14-5-7-16(8-6-14)18-9-11-21-10-3-4-17-12-15(2)13-19(18)20(17)21/h5-8,12-13,18H,3-4,9-11H2,1-2H3. The minimum Gasteiger partial charge on any atom is -0.371 e. The highest BCUT2D eigenvalue weighted by Gasteiger charge is 2.30. The summed E-state index contributed by atoms with van der Waals surface area (Å²) in [7, 11) is 0. The molecule has 2 aromatic carbocycles. The van der Waals surface area contributed by atoms with E-state index in [4.69, 9.17) is 0 Å². The average Bonchev–Trinajstić information content (AvgIpc) is 2.49. The molecule has 108 valence electrons. The third-order valence-corrected chi connectivity index (χ3v) is 5.10. The summed E-state index contributed by atoms with van der Waals surface area (Å²) in [5.74, 6) is 0.577. The zero-order chi connectivity index (χ0) is 14.4. The van der Waals surface area contributed by atoms with E-state index in [1.54, 1.807) is 16.8 Å². The lowest BCUT2D eigenvalue weighted by Crippen LogP contribution is -2.36. The summed E-state index contributed by atoms with van der Waals surface area (Å²) in [6, 6.07) is 14.0. The largest absolute Gasteiger partial charge is 0.371 e. The topological polar surface area (TPSA) is 3.24 Å². The molecule has 0 saturated carbocycles. The Bertz CT molecular complexity index is 669. The molecule has 2 aliphatic rings. The van der Waals surface area contributed by atoms with Gasteiger partial charge in [0.25, 0.3) is 0 Å². The molecule has 0 aliphatic carbocycles. The molecule has 2 heterocycles. The van der Waals surface area contributed by atoms with Crippen molar-refractivity contribution in [2.75, 3.05) is 18.0 Å². The summed E-state index contributed by atoms with van der Waals surface area (Å²) in [6.45, 7) is 6.86. The molecule has 0 amide bonds. The van der Waals surface area contributed by atoms with E-state index < -0.39 is 0 Å². The molecule has 2 aliphatic heterocycles.